The molecule has 0 bridgehead atoms. The largest absolute Gasteiger partial charge is 0.486 e. The number of carbonyl (C=O) groups excluding carboxylic acids is 1. The van der Waals surface area contributed by atoms with E-state index in [0.717, 1.165) is 5.76 Å². The highest BCUT2D eigenvalue weighted by Crippen LogP contribution is 2.18. The van der Waals surface area contributed by atoms with Gasteiger partial charge in [-0.2, -0.15) is 0 Å². The minimum absolute atomic E-state index is 0.0832. The van der Waals surface area contributed by atoms with Crippen LogP contribution in [0.5, 0.6) is 5.75 Å². The van der Waals surface area contributed by atoms with Crippen LogP contribution in [-0.2, 0) is 6.61 Å². The van der Waals surface area contributed by atoms with E-state index >= 15 is 0 Å². The number of furan rings is 2. The van der Waals surface area contributed by atoms with E-state index in [1.807, 2.05) is 31.1 Å². The third-order valence-corrected chi connectivity index (χ3v) is 4.03. The van der Waals surface area contributed by atoms with Crippen LogP contribution < -0.4 is 10.1 Å². The summed E-state index contributed by atoms with van der Waals surface area (Å²) in [5.74, 6) is 1.34. The van der Waals surface area contributed by atoms with E-state index in [9.17, 15) is 9.18 Å². The molecular formula is C20H21FN2O4. The van der Waals surface area contributed by atoms with Crippen LogP contribution in [0.15, 0.2) is 63.6 Å². The van der Waals surface area contributed by atoms with Crippen molar-refractivity contribution in [3.05, 3.63) is 77.9 Å². The molecule has 27 heavy (non-hydrogen) atoms. The first kappa shape index (κ1) is 18.7. The topological polar surface area (TPSA) is 67.9 Å². The summed E-state index contributed by atoms with van der Waals surface area (Å²) < 4.78 is 29.3. The van der Waals surface area contributed by atoms with E-state index in [4.69, 9.17) is 13.6 Å². The second-order valence-electron chi connectivity index (χ2n) is 6.21. The molecule has 1 atom stereocenters. The molecular weight excluding hydrogens is 351 g/mol. The summed E-state index contributed by atoms with van der Waals surface area (Å²) in [6.45, 7) is 0.521. The van der Waals surface area contributed by atoms with Gasteiger partial charge >= 0.3 is 0 Å². The van der Waals surface area contributed by atoms with Gasteiger partial charge in [0, 0.05) is 6.54 Å². The number of benzene rings is 1. The van der Waals surface area contributed by atoms with Gasteiger partial charge in [-0.15, -0.1) is 0 Å². The van der Waals surface area contributed by atoms with Gasteiger partial charge in [-0.1, -0.05) is 0 Å². The predicted octanol–water partition coefficient (Wildman–Crippen LogP) is 3.62. The lowest BCUT2D eigenvalue weighted by atomic mass is 10.2. The van der Waals surface area contributed by atoms with E-state index in [1.165, 1.54) is 24.3 Å². The minimum atomic E-state index is -0.329. The number of likely N-dealkylation sites (N-methyl/N-ethyl adjacent to an activating group) is 1. The van der Waals surface area contributed by atoms with E-state index < -0.39 is 0 Å². The minimum Gasteiger partial charge on any atom is -0.486 e. The Morgan fingerprint density at radius 3 is 2.63 bits per heavy atom. The molecule has 2 heterocycles. The lowest BCUT2D eigenvalue weighted by Crippen LogP contribution is -2.34. The molecule has 1 N–H and O–H groups in total. The maximum Gasteiger partial charge on any atom is 0.287 e. The van der Waals surface area contributed by atoms with Gasteiger partial charge in [0.15, 0.2) is 5.76 Å². The van der Waals surface area contributed by atoms with Crippen LogP contribution >= 0.6 is 0 Å². The third kappa shape index (κ3) is 4.98. The monoisotopic (exact) mass is 372 g/mol. The van der Waals surface area contributed by atoms with Gasteiger partial charge in [-0.3, -0.25) is 9.69 Å². The van der Waals surface area contributed by atoms with Crippen molar-refractivity contribution in [1.82, 2.24) is 10.2 Å². The Morgan fingerprint density at radius 2 is 1.96 bits per heavy atom. The Labute approximate surface area is 156 Å². The number of ether oxygens (including phenoxy) is 1. The van der Waals surface area contributed by atoms with Crippen molar-refractivity contribution < 1.29 is 22.8 Å². The summed E-state index contributed by atoms with van der Waals surface area (Å²) in [5.41, 5.74) is 0. The molecule has 0 spiro atoms. The van der Waals surface area contributed by atoms with Gasteiger partial charge in [0.1, 0.15) is 29.7 Å². The Balaban J connectivity index is 1.54. The van der Waals surface area contributed by atoms with Gasteiger partial charge < -0.3 is 18.9 Å². The van der Waals surface area contributed by atoms with E-state index in [1.54, 1.807) is 18.4 Å². The molecule has 0 saturated heterocycles. The van der Waals surface area contributed by atoms with Crippen molar-refractivity contribution in [3.63, 3.8) is 0 Å². The summed E-state index contributed by atoms with van der Waals surface area (Å²) in [5, 5.41) is 2.85. The molecule has 0 aliphatic heterocycles. The number of rotatable bonds is 8. The summed E-state index contributed by atoms with van der Waals surface area (Å²) >= 11 is 0. The molecule has 3 rings (SSSR count). The van der Waals surface area contributed by atoms with Crippen LogP contribution in [0.25, 0.3) is 0 Å². The summed E-state index contributed by atoms with van der Waals surface area (Å²) in [6.07, 6.45) is 1.60. The van der Waals surface area contributed by atoms with Crippen LogP contribution in [0.2, 0.25) is 0 Å². The second-order valence-corrected chi connectivity index (χ2v) is 6.21. The van der Waals surface area contributed by atoms with Crippen LogP contribution in [0.1, 0.15) is 28.1 Å². The summed E-state index contributed by atoms with van der Waals surface area (Å²) in [4.78, 5) is 14.3. The first-order valence-electron chi connectivity index (χ1n) is 8.48. The maximum absolute atomic E-state index is 12.9. The zero-order chi connectivity index (χ0) is 19.2. The Hall–Kier alpha value is -3.06. The van der Waals surface area contributed by atoms with Crippen molar-refractivity contribution in [1.29, 1.82) is 0 Å². The first-order chi connectivity index (χ1) is 13.0. The lowest BCUT2D eigenvalue weighted by Gasteiger charge is -2.22. The van der Waals surface area contributed by atoms with Gasteiger partial charge in [-0.25, -0.2) is 4.39 Å². The van der Waals surface area contributed by atoms with Crippen molar-refractivity contribution >= 4 is 5.91 Å². The fourth-order valence-electron chi connectivity index (χ4n) is 2.56. The predicted molar refractivity (Wildman–Crippen MR) is 96.9 cm³/mol. The fraction of sp³-hybridized carbons (Fsp3) is 0.250. The molecule has 3 aromatic rings. The summed E-state index contributed by atoms with van der Waals surface area (Å²) in [6, 6.07) is 12.6. The normalized spacial score (nSPS) is 12.1. The van der Waals surface area contributed by atoms with Gasteiger partial charge in [-0.05, 0) is 62.6 Å². The number of hydrogen-bond acceptors (Lipinski definition) is 5. The highest BCUT2D eigenvalue weighted by Gasteiger charge is 2.19. The number of hydrogen-bond donors (Lipinski definition) is 1. The SMILES string of the molecule is CN(C)C(CNC(=O)c1ccc(COc2ccc(F)cc2)o1)c1ccco1. The highest BCUT2D eigenvalue weighted by atomic mass is 19.1. The second kappa shape index (κ2) is 8.55. The number of amides is 1. The maximum atomic E-state index is 12.9. The molecule has 0 saturated carbocycles. The zero-order valence-electron chi connectivity index (χ0n) is 15.1. The quantitative estimate of drug-likeness (QED) is 0.654. The van der Waals surface area contributed by atoms with Gasteiger partial charge in [0.2, 0.25) is 0 Å². The number of halogens is 1. The fourth-order valence-corrected chi connectivity index (χ4v) is 2.56. The zero-order valence-corrected chi connectivity index (χ0v) is 15.1. The van der Waals surface area contributed by atoms with Crippen molar-refractivity contribution in [2.75, 3.05) is 20.6 Å². The number of nitrogens with zero attached hydrogens (tertiary/aromatic N) is 1. The molecule has 0 aliphatic carbocycles. The molecule has 0 radical (unpaired) electrons. The van der Waals surface area contributed by atoms with Gasteiger partial charge in [0.25, 0.3) is 5.91 Å². The molecule has 1 unspecified atom stereocenters. The molecule has 0 fully saturated rings. The van der Waals surface area contributed by atoms with Crippen LogP contribution in [0.4, 0.5) is 4.39 Å². The molecule has 6 nitrogen and oxygen atoms in total. The Kier molecular flexibility index (Phi) is 5.93. The van der Waals surface area contributed by atoms with Gasteiger partial charge in [0.05, 0.1) is 12.3 Å². The number of nitrogens with one attached hydrogen (secondary N) is 1. The van der Waals surface area contributed by atoms with Crippen LogP contribution in [0, 0.1) is 5.82 Å². The van der Waals surface area contributed by atoms with Crippen LogP contribution in [0.3, 0.4) is 0 Å². The van der Waals surface area contributed by atoms with Crippen LogP contribution in [-0.4, -0.2) is 31.4 Å². The van der Waals surface area contributed by atoms with E-state index in [-0.39, 0.29) is 30.1 Å². The highest BCUT2D eigenvalue weighted by molar-refractivity contribution is 5.91. The first-order valence-corrected chi connectivity index (χ1v) is 8.48. The molecule has 7 heteroatoms. The van der Waals surface area contributed by atoms with Crippen molar-refractivity contribution in [2.45, 2.75) is 12.6 Å². The molecule has 142 valence electrons. The standard InChI is InChI=1S/C20H21FN2O4/c1-23(2)17(18-4-3-11-25-18)12-22-20(24)19-10-9-16(27-19)13-26-15-7-5-14(21)6-8-15/h3-11,17H,12-13H2,1-2H3,(H,22,24). The van der Waals surface area contributed by atoms with E-state index in [0.29, 0.717) is 18.1 Å². The smallest absolute Gasteiger partial charge is 0.287 e. The average molecular weight is 372 g/mol. The summed E-state index contributed by atoms with van der Waals surface area (Å²) in [7, 11) is 3.83. The Morgan fingerprint density at radius 1 is 1.19 bits per heavy atom. The van der Waals surface area contributed by atoms with E-state index in [2.05, 4.69) is 5.32 Å². The van der Waals surface area contributed by atoms with Crippen molar-refractivity contribution in [3.8, 4) is 5.75 Å². The molecule has 2 aromatic heterocycles. The molecule has 0 aliphatic rings. The molecule has 1 amide bonds. The molecule has 1 aromatic carbocycles. The average Bonchev–Trinajstić information content (AvgIpc) is 3.33. The third-order valence-electron chi connectivity index (χ3n) is 4.03. The number of carbonyl (C=O) groups is 1. The Bertz CT molecular complexity index is 857. The van der Waals surface area contributed by atoms with Crippen molar-refractivity contribution in [2.24, 2.45) is 0 Å². The lowest BCUT2D eigenvalue weighted by molar-refractivity contribution is 0.0907.